The molecule has 0 aliphatic rings. The van der Waals surface area contributed by atoms with Gasteiger partial charge in [0.2, 0.25) is 0 Å². The van der Waals surface area contributed by atoms with Crippen molar-refractivity contribution < 1.29 is 32.4 Å². The molecule has 0 aliphatic heterocycles. The Morgan fingerprint density at radius 2 is 1.82 bits per heavy atom. The minimum absolute atomic E-state index is 0.0749. The van der Waals surface area contributed by atoms with Crippen molar-refractivity contribution in [2.24, 2.45) is 0 Å². The summed E-state index contributed by atoms with van der Waals surface area (Å²) < 4.78 is 58.1. The van der Waals surface area contributed by atoms with Crippen LogP contribution in [-0.2, 0) is 12.8 Å². The molecule has 1 aromatic carbocycles. The highest BCUT2D eigenvalue weighted by atomic mass is 19.4. The van der Waals surface area contributed by atoms with E-state index in [0.717, 1.165) is 29.8 Å². The quantitative estimate of drug-likeness (QED) is 0.195. The van der Waals surface area contributed by atoms with Crippen molar-refractivity contribution in [1.82, 2.24) is 14.5 Å². The number of aromatic nitrogens is 3. The van der Waals surface area contributed by atoms with Gasteiger partial charge in [-0.1, -0.05) is 19.9 Å². The molecular weight excluding hydrogens is 514 g/mol. The molecule has 0 aliphatic carbocycles. The number of nitrogens with zero attached hydrogens (tertiary/aromatic N) is 5. The van der Waals surface area contributed by atoms with Crippen LogP contribution in [0.1, 0.15) is 41.3 Å². The third kappa shape index (κ3) is 5.10. The summed E-state index contributed by atoms with van der Waals surface area (Å²) in [4.78, 5) is 43.9. The summed E-state index contributed by atoms with van der Waals surface area (Å²) >= 11 is 0. The molecule has 3 rings (SSSR count). The summed E-state index contributed by atoms with van der Waals surface area (Å²) in [5.74, 6) is -2.29. The molecule has 10 nitrogen and oxygen atoms in total. The predicted octanol–water partition coefficient (Wildman–Crippen LogP) is 4.36. The van der Waals surface area contributed by atoms with Gasteiger partial charge >= 0.3 is 6.18 Å². The van der Waals surface area contributed by atoms with Gasteiger partial charge in [-0.15, -0.1) is 0 Å². The molecule has 0 bridgehead atoms. The van der Waals surface area contributed by atoms with Crippen molar-refractivity contribution in [3.05, 3.63) is 85.2 Å². The van der Waals surface area contributed by atoms with Crippen molar-refractivity contribution in [2.45, 2.75) is 32.9 Å². The standard InChI is InChI=1S/C24H21F4N5O5/c1-4-15-23(16(5-2)30-12-29-15)32-18(11-34)13(19(35)10-21(32)36)9-20(24(26,27)28)31(3)22-14(25)7-6-8-17(22)33(37)38/h6-12,35H,4-5H2,1-3H3/b20-9-. The minimum atomic E-state index is -5.25. The van der Waals surface area contributed by atoms with E-state index in [4.69, 9.17) is 0 Å². The highest BCUT2D eigenvalue weighted by molar-refractivity contribution is 5.84. The number of nitro benzene ring substituents is 1. The van der Waals surface area contributed by atoms with Crippen molar-refractivity contribution in [1.29, 1.82) is 0 Å². The molecule has 2 heterocycles. The molecule has 0 unspecified atom stereocenters. The number of aldehydes is 1. The largest absolute Gasteiger partial charge is 0.507 e. The Hall–Kier alpha value is -4.62. The number of para-hydroxylation sites is 1. The van der Waals surface area contributed by atoms with Gasteiger partial charge in [0.05, 0.1) is 22.0 Å². The van der Waals surface area contributed by atoms with E-state index < -0.39 is 56.6 Å². The Kier molecular flexibility index (Phi) is 7.93. The Balaban J connectivity index is 2.42. The average Bonchev–Trinajstić information content (AvgIpc) is 2.86. The zero-order valence-corrected chi connectivity index (χ0v) is 20.3. The fourth-order valence-corrected chi connectivity index (χ4v) is 3.97. The lowest BCUT2D eigenvalue weighted by Crippen LogP contribution is -2.30. The van der Waals surface area contributed by atoms with Gasteiger partial charge in [0.15, 0.2) is 17.8 Å². The van der Waals surface area contributed by atoms with E-state index in [1.807, 2.05) is 0 Å². The number of pyridine rings is 1. The zero-order valence-electron chi connectivity index (χ0n) is 20.3. The normalized spacial score (nSPS) is 11.9. The number of hydrogen-bond donors (Lipinski definition) is 1. The number of alkyl halides is 3. The average molecular weight is 535 g/mol. The lowest BCUT2D eigenvalue weighted by Gasteiger charge is -2.25. The van der Waals surface area contributed by atoms with Gasteiger partial charge in [0, 0.05) is 24.7 Å². The number of halogens is 4. The maximum atomic E-state index is 14.6. The number of nitro groups is 1. The topological polar surface area (TPSA) is 131 Å². The van der Waals surface area contributed by atoms with E-state index >= 15 is 0 Å². The number of hydrogen-bond acceptors (Lipinski definition) is 8. The van der Waals surface area contributed by atoms with Crippen LogP contribution in [0, 0.1) is 15.9 Å². The third-order valence-electron chi connectivity index (χ3n) is 5.68. The molecule has 0 radical (unpaired) electrons. The molecule has 3 aromatic rings. The van der Waals surface area contributed by atoms with Crippen LogP contribution in [-0.4, -0.2) is 44.1 Å². The number of aromatic hydroxyl groups is 1. The van der Waals surface area contributed by atoms with Gasteiger partial charge in [-0.25, -0.2) is 14.4 Å². The summed E-state index contributed by atoms with van der Waals surface area (Å²) in [5, 5.41) is 21.9. The van der Waals surface area contributed by atoms with E-state index in [-0.39, 0.29) is 29.7 Å². The van der Waals surface area contributed by atoms with Crippen LogP contribution in [0.4, 0.5) is 28.9 Å². The van der Waals surface area contributed by atoms with Crippen LogP contribution in [0.25, 0.3) is 11.8 Å². The Labute approximate surface area is 212 Å². The number of carbonyl (C=O) groups excluding carboxylic acids is 1. The molecule has 0 atom stereocenters. The molecule has 14 heteroatoms. The van der Waals surface area contributed by atoms with Gasteiger partial charge < -0.3 is 10.0 Å². The summed E-state index contributed by atoms with van der Waals surface area (Å²) in [5.41, 5.74) is -5.23. The van der Waals surface area contributed by atoms with Crippen LogP contribution in [0.15, 0.2) is 41.1 Å². The molecule has 0 saturated heterocycles. The number of rotatable bonds is 8. The fraction of sp³-hybridized carbons (Fsp3) is 0.250. The van der Waals surface area contributed by atoms with Crippen molar-refractivity contribution in [2.75, 3.05) is 11.9 Å². The minimum Gasteiger partial charge on any atom is -0.507 e. The van der Waals surface area contributed by atoms with E-state index in [9.17, 15) is 42.4 Å². The second-order valence-electron chi connectivity index (χ2n) is 7.89. The Morgan fingerprint density at radius 1 is 1.21 bits per heavy atom. The highest BCUT2D eigenvalue weighted by Crippen LogP contribution is 2.39. The van der Waals surface area contributed by atoms with Crippen LogP contribution in [0.5, 0.6) is 5.75 Å². The van der Waals surface area contributed by atoms with E-state index in [0.29, 0.717) is 23.5 Å². The monoisotopic (exact) mass is 535 g/mol. The molecule has 38 heavy (non-hydrogen) atoms. The van der Waals surface area contributed by atoms with Gasteiger partial charge in [-0.2, -0.15) is 13.2 Å². The van der Waals surface area contributed by atoms with Gasteiger partial charge in [0.1, 0.15) is 23.5 Å². The summed E-state index contributed by atoms with van der Waals surface area (Å²) in [6, 6.07) is 3.15. The first-order valence-corrected chi connectivity index (χ1v) is 11.1. The smallest absolute Gasteiger partial charge is 0.431 e. The molecule has 0 fully saturated rings. The predicted molar refractivity (Wildman–Crippen MR) is 129 cm³/mol. The summed E-state index contributed by atoms with van der Waals surface area (Å²) in [6.07, 6.45) is -3.07. The van der Waals surface area contributed by atoms with Crippen molar-refractivity contribution in [3.63, 3.8) is 0 Å². The Morgan fingerprint density at radius 3 is 2.32 bits per heavy atom. The third-order valence-corrected chi connectivity index (χ3v) is 5.68. The maximum absolute atomic E-state index is 14.6. The van der Waals surface area contributed by atoms with Crippen molar-refractivity contribution in [3.8, 4) is 11.4 Å². The fourth-order valence-electron chi connectivity index (χ4n) is 3.97. The lowest BCUT2D eigenvalue weighted by molar-refractivity contribution is -0.384. The lowest BCUT2D eigenvalue weighted by atomic mass is 10.1. The van der Waals surface area contributed by atoms with Crippen LogP contribution >= 0.6 is 0 Å². The molecular formula is C24H21F4N5O5. The maximum Gasteiger partial charge on any atom is 0.431 e. The van der Waals surface area contributed by atoms with Crippen LogP contribution < -0.4 is 10.5 Å². The van der Waals surface area contributed by atoms with Gasteiger partial charge in [0.25, 0.3) is 11.2 Å². The van der Waals surface area contributed by atoms with Gasteiger partial charge in [-0.3, -0.25) is 24.3 Å². The highest BCUT2D eigenvalue weighted by Gasteiger charge is 2.40. The SMILES string of the molecule is CCc1ncnc(CC)c1-n1c(C=O)c(/C=C(\N(C)c2c(F)cccc2[N+](=O)[O-])C(F)(F)F)c(O)cc1=O. The molecule has 2 aromatic heterocycles. The second kappa shape index (κ2) is 10.8. The second-order valence-corrected chi connectivity index (χ2v) is 7.89. The number of carbonyl (C=O) groups is 1. The summed E-state index contributed by atoms with van der Waals surface area (Å²) in [7, 11) is 0.744. The first-order valence-electron chi connectivity index (χ1n) is 11.1. The number of aryl methyl sites for hydroxylation is 2. The van der Waals surface area contributed by atoms with Crippen molar-refractivity contribution >= 4 is 23.7 Å². The van der Waals surface area contributed by atoms with E-state index in [2.05, 4.69) is 9.97 Å². The van der Waals surface area contributed by atoms with Crippen LogP contribution in [0.2, 0.25) is 0 Å². The van der Waals surface area contributed by atoms with E-state index in [1.165, 1.54) is 6.33 Å². The number of anilines is 1. The first-order chi connectivity index (χ1) is 17.9. The van der Waals surface area contributed by atoms with Gasteiger partial charge in [-0.05, 0) is 25.0 Å². The summed E-state index contributed by atoms with van der Waals surface area (Å²) in [6.45, 7) is 3.41. The molecule has 200 valence electrons. The number of benzene rings is 1. The molecule has 0 spiro atoms. The molecule has 0 amide bonds. The Bertz CT molecular complexity index is 1480. The van der Waals surface area contributed by atoms with Crippen LogP contribution in [0.3, 0.4) is 0 Å². The first kappa shape index (κ1) is 28.0. The van der Waals surface area contributed by atoms with E-state index in [1.54, 1.807) is 13.8 Å². The molecule has 0 saturated carbocycles. The molecule has 1 N–H and O–H groups in total. The zero-order chi connectivity index (χ0) is 28.4. The number of allylic oxidation sites excluding steroid dienone is 1.